The van der Waals surface area contributed by atoms with Gasteiger partial charge in [-0.05, 0) is 169 Å². The van der Waals surface area contributed by atoms with Crippen LogP contribution in [0.15, 0.2) is 182 Å². The van der Waals surface area contributed by atoms with E-state index in [0.717, 1.165) is 6.42 Å². The highest BCUT2D eigenvalue weighted by molar-refractivity contribution is 6.10. The topological polar surface area (TPSA) is 13.1 Å². The van der Waals surface area contributed by atoms with E-state index >= 15 is 0 Å². The second-order valence-corrected chi connectivity index (χ2v) is 20.5. The third kappa shape index (κ3) is 5.76. The summed E-state index contributed by atoms with van der Waals surface area (Å²) in [6.45, 7) is 2.44. The van der Waals surface area contributed by atoms with Gasteiger partial charge in [0.15, 0.2) is 0 Å². The summed E-state index contributed by atoms with van der Waals surface area (Å²) in [7, 11) is 0. The minimum atomic E-state index is -0.0747. The van der Waals surface area contributed by atoms with E-state index in [1.807, 2.05) is 0 Å². The number of fused-ring (bicyclic) bond motifs is 11. The van der Waals surface area contributed by atoms with E-state index < -0.39 is 0 Å². The van der Waals surface area contributed by atoms with Gasteiger partial charge < -0.3 is 14.0 Å². The molecule has 2 aliphatic heterocycles. The molecular weight excluding hydrogens is 811 g/mol. The Kier molecular flexibility index (Phi) is 9.02. The SMILES string of the molecule is Cc1c2n(c3ccc(-c4ccc5c(c4)C4CC=CC=C4N5c4ccccc4)cc13)C(C1CCCCC1)(C1CCCCC1)c1cc(-c3ccc4c(c3)c3ccccc3n4-c3ccccc3)ccc1-2. The molecule has 3 aliphatic carbocycles. The predicted octanol–water partition coefficient (Wildman–Crippen LogP) is 17.3. The van der Waals surface area contributed by atoms with Crippen LogP contribution in [0.4, 0.5) is 11.4 Å². The molecule has 328 valence electrons. The summed E-state index contributed by atoms with van der Waals surface area (Å²) in [5, 5.41) is 4.05. The van der Waals surface area contributed by atoms with Crippen molar-refractivity contribution >= 4 is 44.1 Å². The van der Waals surface area contributed by atoms with Crippen molar-refractivity contribution in [2.24, 2.45) is 11.8 Å². The summed E-state index contributed by atoms with van der Waals surface area (Å²) in [5.41, 5.74) is 21.7. The Morgan fingerprint density at radius 3 is 1.85 bits per heavy atom. The maximum Gasteiger partial charge on any atom is 0.0765 e. The molecule has 3 heteroatoms. The number of para-hydroxylation sites is 3. The highest BCUT2D eigenvalue weighted by atomic mass is 15.2. The number of nitrogens with zero attached hydrogens (tertiary/aromatic N) is 3. The van der Waals surface area contributed by atoms with Crippen LogP contribution >= 0.6 is 0 Å². The van der Waals surface area contributed by atoms with E-state index in [-0.39, 0.29) is 5.54 Å². The van der Waals surface area contributed by atoms with Crippen LogP contribution in [0.25, 0.3) is 71.9 Å². The highest BCUT2D eigenvalue weighted by Gasteiger charge is 2.54. The highest BCUT2D eigenvalue weighted by Crippen LogP contribution is 2.61. The van der Waals surface area contributed by atoms with Crippen LogP contribution in [0.2, 0.25) is 0 Å². The molecule has 0 N–H and O–H groups in total. The summed E-state index contributed by atoms with van der Waals surface area (Å²) >= 11 is 0. The number of rotatable bonds is 6. The quantitative estimate of drug-likeness (QED) is 0.162. The van der Waals surface area contributed by atoms with Crippen LogP contribution < -0.4 is 4.90 Å². The molecule has 67 heavy (non-hydrogen) atoms. The van der Waals surface area contributed by atoms with Crippen molar-refractivity contribution in [1.82, 2.24) is 9.13 Å². The van der Waals surface area contributed by atoms with Crippen molar-refractivity contribution in [3.8, 4) is 39.2 Å². The van der Waals surface area contributed by atoms with Crippen LogP contribution in [0.5, 0.6) is 0 Å². The monoisotopic (exact) mass is 867 g/mol. The van der Waals surface area contributed by atoms with Crippen LogP contribution in [0.1, 0.15) is 93.2 Å². The van der Waals surface area contributed by atoms with Crippen LogP contribution in [-0.2, 0) is 5.54 Å². The van der Waals surface area contributed by atoms with Crippen LogP contribution in [0.3, 0.4) is 0 Å². The van der Waals surface area contributed by atoms with Gasteiger partial charge in [-0.15, -0.1) is 0 Å². The maximum atomic E-state index is 2.98. The van der Waals surface area contributed by atoms with Gasteiger partial charge in [-0.2, -0.15) is 0 Å². The summed E-state index contributed by atoms with van der Waals surface area (Å²) in [4.78, 5) is 2.49. The fourth-order valence-electron chi connectivity index (χ4n) is 14.3. The zero-order chi connectivity index (χ0) is 44.2. The van der Waals surface area contributed by atoms with Crippen molar-refractivity contribution in [3.63, 3.8) is 0 Å². The third-order valence-electron chi connectivity index (χ3n) is 17.2. The number of allylic oxidation sites excluding steroid dienone is 4. The molecule has 1 unspecified atom stereocenters. The summed E-state index contributed by atoms with van der Waals surface area (Å²) in [6, 6.07) is 60.5. The molecule has 0 saturated heterocycles. The molecule has 0 spiro atoms. The van der Waals surface area contributed by atoms with E-state index in [0.29, 0.717) is 17.8 Å². The molecule has 0 amide bonds. The normalized spacial score (nSPS) is 18.9. The van der Waals surface area contributed by atoms with Gasteiger partial charge in [0.05, 0.1) is 22.3 Å². The zero-order valence-corrected chi connectivity index (χ0v) is 38.6. The van der Waals surface area contributed by atoms with E-state index in [1.165, 1.54) is 164 Å². The van der Waals surface area contributed by atoms with Crippen molar-refractivity contribution in [2.75, 3.05) is 4.90 Å². The van der Waals surface area contributed by atoms with Crippen LogP contribution in [0, 0.1) is 18.8 Å². The molecule has 5 aliphatic rings. The first-order valence-electron chi connectivity index (χ1n) is 25.4. The summed E-state index contributed by atoms with van der Waals surface area (Å²) in [5.74, 6) is 1.59. The Labute approximate surface area is 394 Å². The minimum Gasteiger partial charge on any atom is -0.329 e. The van der Waals surface area contributed by atoms with E-state index in [4.69, 9.17) is 0 Å². The van der Waals surface area contributed by atoms with Crippen molar-refractivity contribution in [3.05, 3.63) is 198 Å². The average molecular weight is 868 g/mol. The molecule has 7 aromatic carbocycles. The summed E-state index contributed by atoms with van der Waals surface area (Å²) < 4.78 is 5.41. The van der Waals surface area contributed by atoms with Gasteiger partial charge in [-0.25, -0.2) is 0 Å². The largest absolute Gasteiger partial charge is 0.329 e. The molecule has 2 aromatic heterocycles. The second kappa shape index (κ2) is 15.4. The van der Waals surface area contributed by atoms with Crippen molar-refractivity contribution in [1.29, 1.82) is 0 Å². The van der Waals surface area contributed by atoms with E-state index in [1.54, 1.807) is 5.56 Å². The fourth-order valence-corrected chi connectivity index (χ4v) is 14.3. The third-order valence-corrected chi connectivity index (χ3v) is 17.2. The number of aryl methyl sites for hydroxylation is 1. The van der Waals surface area contributed by atoms with E-state index in [2.05, 4.69) is 197 Å². The lowest BCUT2D eigenvalue weighted by Crippen LogP contribution is -2.48. The minimum absolute atomic E-state index is 0.0747. The molecule has 4 heterocycles. The smallest absolute Gasteiger partial charge is 0.0765 e. The maximum absolute atomic E-state index is 2.98. The van der Waals surface area contributed by atoms with Gasteiger partial charge in [0.1, 0.15) is 0 Å². The molecular formula is C64H57N3. The predicted molar refractivity (Wildman–Crippen MR) is 281 cm³/mol. The Bertz CT molecular complexity index is 3460. The first kappa shape index (κ1) is 39.3. The lowest BCUT2D eigenvalue weighted by atomic mass is 9.61. The van der Waals surface area contributed by atoms with Gasteiger partial charge in [0.2, 0.25) is 0 Å². The zero-order valence-electron chi connectivity index (χ0n) is 38.6. The lowest BCUT2D eigenvalue weighted by molar-refractivity contribution is 0.0817. The molecule has 1 atom stereocenters. The number of hydrogen-bond acceptors (Lipinski definition) is 1. The molecule has 2 saturated carbocycles. The fraction of sp³-hybridized carbons (Fsp3) is 0.250. The molecule has 3 nitrogen and oxygen atoms in total. The molecule has 2 fully saturated rings. The Morgan fingerprint density at radius 1 is 0.507 bits per heavy atom. The van der Waals surface area contributed by atoms with Gasteiger partial charge in [0, 0.05) is 55.9 Å². The number of aromatic nitrogens is 2. The molecule has 0 bridgehead atoms. The average Bonchev–Trinajstić information content (AvgIpc) is 4.10. The first-order chi connectivity index (χ1) is 33.2. The number of benzene rings is 7. The molecule has 0 radical (unpaired) electrons. The Balaban J connectivity index is 0.937. The molecule has 9 aromatic rings. The lowest BCUT2D eigenvalue weighted by Gasteiger charge is -2.49. The van der Waals surface area contributed by atoms with Gasteiger partial charge >= 0.3 is 0 Å². The van der Waals surface area contributed by atoms with Crippen LogP contribution in [-0.4, -0.2) is 9.13 Å². The first-order valence-corrected chi connectivity index (χ1v) is 25.4. The van der Waals surface area contributed by atoms with Gasteiger partial charge in [-0.3, -0.25) is 0 Å². The van der Waals surface area contributed by atoms with Crippen molar-refractivity contribution < 1.29 is 0 Å². The van der Waals surface area contributed by atoms with E-state index in [9.17, 15) is 0 Å². The standard InChI is InChI=1S/C64H57N3/c1-42-54-38-43(44-31-35-60-55(39-44)51-26-14-16-28-58(51)65(60)49-22-10-4-11-23-49)33-37-62(54)67-63(42)53-34-30-46(41-57(53)64(67,47-18-6-2-7-19-47)48-20-8-3-9-21-48)45-32-36-61-56(40-45)52-27-15-17-29-59(52)66(61)50-24-12-5-13-25-50/h4-5,10-17,22-25,27-41,47-48,51H,2-3,6-9,18-21,26H2,1H3. The van der Waals surface area contributed by atoms with Gasteiger partial charge in [-0.1, -0.05) is 136 Å². The second-order valence-electron chi connectivity index (χ2n) is 20.5. The Morgan fingerprint density at radius 2 is 1.10 bits per heavy atom. The van der Waals surface area contributed by atoms with Gasteiger partial charge in [0.25, 0.3) is 0 Å². The summed E-state index contributed by atoms with van der Waals surface area (Å²) in [6.07, 6.45) is 21.2. The number of hydrogen-bond donors (Lipinski definition) is 0. The van der Waals surface area contributed by atoms with Crippen molar-refractivity contribution in [2.45, 2.75) is 89.0 Å². The Hall–Kier alpha value is -6.84. The molecule has 14 rings (SSSR count). The number of anilines is 2.